The smallest absolute Gasteiger partial charge is 0.309 e. The molecular formula is C11H18O2. The Morgan fingerprint density at radius 3 is 2.69 bits per heavy atom. The van der Waals surface area contributed by atoms with Crippen molar-refractivity contribution in [1.82, 2.24) is 0 Å². The summed E-state index contributed by atoms with van der Waals surface area (Å²) in [6.07, 6.45) is 5.60. The van der Waals surface area contributed by atoms with Gasteiger partial charge in [0, 0.05) is 0 Å². The van der Waals surface area contributed by atoms with Gasteiger partial charge in [0.1, 0.15) is 0 Å². The summed E-state index contributed by atoms with van der Waals surface area (Å²) in [7, 11) is 0. The molecule has 0 aromatic rings. The van der Waals surface area contributed by atoms with E-state index in [0.29, 0.717) is 11.3 Å². The number of hydrogen-bond donors (Lipinski definition) is 1. The van der Waals surface area contributed by atoms with Crippen molar-refractivity contribution < 1.29 is 9.90 Å². The topological polar surface area (TPSA) is 37.3 Å². The highest BCUT2D eigenvalue weighted by molar-refractivity contribution is 5.75. The van der Waals surface area contributed by atoms with E-state index in [1.54, 1.807) is 0 Å². The first kappa shape index (κ1) is 9.04. The number of carboxylic acids is 1. The Bertz CT molecular complexity index is 248. The van der Waals surface area contributed by atoms with Gasteiger partial charge in [-0.2, -0.15) is 0 Å². The Morgan fingerprint density at radius 1 is 1.46 bits per heavy atom. The monoisotopic (exact) mass is 182 g/mol. The van der Waals surface area contributed by atoms with Gasteiger partial charge in [-0.3, -0.25) is 4.79 Å². The fourth-order valence-electron chi connectivity index (χ4n) is 3.56. The van der Waals surface area contributed by atoms with Crippen LogP contribution in [0.3, 0.4) is 0 Å². The van der Waals surface area contributed by atoms with Crippen LogP contribution in [0.15, 0.2) is 0 Å². The summed E-state index contributed by atoms with van der Waals surface area (Å²) in [5, 5.41) is 9.23. The van der Waals surface area contributed by atoms with Gasteiger partial charge < -0.3 is 5.11 Å². The second-order valence-electron chi connectivity index (χ2n) is 5.50. The maximum atomic E-state index is 11.2. The summed E-state index contributed by atoms with van der Waals surface area (Å²) in [4.78, 5) is 11.2. The number of fused-ring (bicyclic) bond motifs is 2. The fraction of sp³-hybridized carbons (Fsp3) is 0.909. The lowest BCUT2D eigenvalue weighted by atomic mass is 9.76. The van der Waals surface area contributed by atoms with Gasteiger partial charge in [-0.05, 0) is 43.9 Å². The van der Waals surface area contributed by atoms with Crippen LogP contribution in [0.1, 0.15) is 46.0 Å². The molecule has 0 heterocycles. The molecule has 2 aliphatic carbocycles. The zero-order valence-corrected chi connectivity index (χ0v) is 8.47. The van der Waals surface area contributed by atoms with Gasteiger partial charge in [0.2, 0.25) is 0 Å². The van der Waals surface area contributed by atoms with E-state index in [4.69, 9.17) is 0 Å². The van der Waals surface area contributed by atoms with Crippen molar-refractivity contribution in [3.05, 3.63) is 0 Å². The van der Waals surface area contributed by atoms with E-state index in [1.807, 2.05) is 6.92 Å². The van der Waals surface area contributed by atoms with Crippen LogP contribution < -0.4 is 0 Å². The van der Waals surface area contributed by atoms with Crippen molar-refractivity contribution in [1.29, 1.82) is 0 Å². The molecule has 2 fully saturated rings. The minimum absolute atomic E-state index is 0.329. The van der Waals surface area contributed by atoms with Gasteiger partial charge >= 0.3 is 5.97 Å². The first-order chi connectivity index (χ1) is 5.96. The summed E-state index contributed by atoms with van der Waals surface area (Å²) >= 11 is 0. The summed E-state index contributed by atoms with van der Waals surface area (Å²) in [5.41, 5.74) is -0.0959. The molecule has 0 aliphatic heterocycles. The molecule has 0 saturated heterocycles. The predicted octanol–water partition coefficient (Wildman–Crippen LogP) is 2.68. The summed E-state index contributed by atoms with van der Waals surface area (Å²) in [6.45, 7) is 4.20. The van der Waals surface area contributed by atoms with Crippen molar-refractivity contribution in [2.45, 2.75) is 46.0 Å². The van der Waals surface area contributed by atoms with E-state index in [0.717, 1.165) is 19.3 Å². The van der Waals surface area contributed by atoms with Gasteiger partial charge in [-0.1, -0.05) is 13.3 Å². The van der Waals surface area contributed by atoms with Crippen LogP contribution in [0.4, 0.5) is 0 Å². The lowest BCUT2D eigenvalue weighted by Crippen LogP contribution is -2.31. The molecule has 2 bridgehead atoms. The molecule has 0 radical (unpaired) electrons. The molecule has 1 N–H and O–H groups in total. The second kappa shape index (κ2) is 2.49. The fourth-order valence-corrected chi connectivity index (χ4v) is 3.56. The molecule has 3 unspecified atom stereocenters. The third-order valence-electron chi connectivity index (χ3n) is 4.26. The second-order valence-corrected chi connectivity index (χ2v) is 5.50. The van der Waals surface area contributed by atoms with Crippen LogP contribution in [0.2, 0.25) is 0 Å². The number of carbonyl (C=O) groups is 1. The van der Waals surface area contributed by atoms with Crippen LogP contribution in [-0.2, 0) is 4.79 Å². The minimum atomic E-state index is -0.580. The van der Waals surface area contributed by atoms with Crippen molar-refractivity contribution in [2.24, 2.45) is 16.7 Å². The normalized spacial score (nSPS) is 49.2. The molecule has 0 aromatic carbocycles. The van der Waals surface area contributed by atoms with E-state index in [9.17, 15) is 9.90 Å². The van der Waals surface area contributed by atoms with Crippen molar-refractivity contribution in [3.63, 3.8) is 0 Å². The van der Waals surface area contributed by atoms with Gasteiger partial charge in [0.25, 0.3) is 0 Å². The molecule has 2 aliphatic rings. The first-order valence-corrected chi connectivity index (χ1v) is 5.20. The highest BCUT2D eigenvalue weighted by Crippen LogP contribution is 2.60. The summed E-state index contributed by atoms with van der Waals surface area (Å²) in [5.74, 6) is -0.146. The molecule has 74 valence electrons. The number of aliphatic carboxylic acids is 1. The highest BCUT2D eigenvalue weighted by Gasteiger charge is 2.55. The zero-order valence-electron chi connectivity index (χ0n) is 8.47. The lowest BCUT2D eigenvalue weighted by molar-refractivity contribution is -0.150. The van der Waals surface area contributed by atoms with Gasteiger partial charge in [0.05, 0.1) is 5.41 Å². The summed E-state index contributed by atoms with van der Waals surface area (Å²) in [6, 6.07) is 0. The van der Waals surface area contributed by atoms with E-state index in [1.165, 1.54) is 12.8 Å². The first-order valence-electron chi connectivity index (χ1n) is 5.20. The van der Waals surface area contributed by atoms with Crippen LogP contribution in [0, 0.1) is 16.7 Å². The Labute approximate surface area is 79.3 Å². The van der Waals surface area contributed by atoms with Crippen molar-refractivity contribution in [2.75, 3.05) is 0 Å². The minimum Gasteiger partial charge on any atom is -0.481 e. The number of carboxylic acid groups (broad SMARTS) is 1. The number of rotatable bonds is 1. The van der Waals surface area contributed by atoms with Gasteiger partial charge in [0.15, 0.2) is 0 Å². The van der Waals surface area contributed by atoms with E-state index < -0.39 is 11.4 Å². The molecule has 2 saturated carbocycles. The SMILES string of the molecule is CC12CCCC(C1)C(C)(C(=O)O)C2. The third kappa shape index (κ3) is 1.18. The molecule has 0 aromatic heterocycles. The highest BCUT2D eigenvalue weighted by atomic mass is 16.4. The Hall–Kier alpha value is -0.530. The van der Waals surface area contributed by atoms with Crippen LogP contribution in [-0.4, -0.2) is 11.1 Å². The van der Waals surface area contributed by atoms with E-state index in [-0.39, 0.29) is 0 Å². The standard InChI is InChI=1S/C11H18O2/c1-10-5-3-4-8(6-10)11(2,7-10)9(12)13/h8H,3-7H2,1-2H3,(H,12,13). The van der Waals surface area contributed by atoms with Crippen LogP contribution in [0.25, 0.3) is 0 Å². The van der Waals surface area contributed by atoms with Gasteiger partial charge in [-0.15, -0.1) is 0 Å². The van der Waals surface area contributed by atoms with E-state index >= 15 is 0 Å². The predicted molar refractivity (Wildman–Crippen MR) is 50.4 cm³/mol. The zero-order chi connectivity index (χ0) is 9.69. The molecule has 0 spiro atoms. The van der Waals surface area contributed by atoms with E-state index in [2.05, 4.69) is 6.92 Å². The Morgan fingerprint density at radius 2 is 2.15 bits per heavy atom. The Balaban J connectivity index is 2.30. The molecule has 2 nitrogen and oxygen atoms in total. The average Bonchev–Trinajstić information content (AvgIpc) is 2.19. The Kier molecular flexibility index (Phi) is 1.73. The lowest BCUT2D eigenvalue weighted by Gasteiger charge is -2.28. The third-order valence-corrected chi connectivity index (χ3v) is 4.26. The maximum Gasteiger partial charge on any atom is 0.309 e. The quantitative estimate of drug-likeness (QED) is 0.677. The molecule has 0 amide bonds. The molecule has 13 heavy (non-hydrogen) atoms. The van der Waals surface area contributed by atoms with Crippen LogP contribution in [0.5, 0.6) is 0 Å². The molecule has 2 rings (SSSR count). The molecule has 3 atom stereocenters. The number of hydrogen-bond acceptors (Lipinski definition) is 1. The van der Waals surface area contributed by atoms with Crippen molar-refractivity contribution >= 4 is 5.97 Å². The molecule has 2 heteroatoms. The van der Waals surface area contributed by atoms with Crippen molar-refractivity contribution in [3.8, 4) is 0 Å². The average molecular weight is 182 g/mol. The van der Waals surface area contributed by atoms with Gasteiger partial charge in [-0.25, -0.2) is 0 Å². The largest absolute Gasteiger partial charge is 0.481 e. The molecular weight excluding hydrogens is 164 g/mol. The summed E-state index contributed by atoms with van der Waals surface area (Å²) < 4.78 is 0. The van der Waals surface area contributed by atoms with Crippen LogP contribution >= 0.6 is 0 Å². The maximum absolute atomic E-state index is 11.2.